The Balaban J connectivity index is 0.00000289. The number of rotatable bonds is 8. The van der Waals surface area contributed by atoms with Gasteiger partial charge in [-0.1, -0.05) is 19.8 Å². The van der Waals surface area contributed by atoms with Crippen LogP contribution in [-0.2, 0) is 4.79 Å². The number of piperazine rings is 1. The Morgan fingerprint density at radius 3 is 2.61 bits per heavy atom. The third kappa shape index (κ3) is 8.72. The average Bonchev–Trinajstić information content (AvgIpc) is 2.36. The average molecular weight is 278 g/mol. The van der Waals surface area contributed by atoms with Crippen LogP contribution in [0.2, 0.25) is 0 Å². The number of carbonyl (C=O) groups excluding carboxylic acids is 1. The number of halogens is 1. The summed E-state index contributed by atoms with van der Waals surface area (Å²) in [6, 6.07) is 0. The maximum atomic E-state index is 11.4. The van der Waals surface area contributed by atoms with Crippen LogP contribution in [-0.4, -0.2) is 50.1 Å². The van der Waals surface area contributed by atoms with E-state index in [1.807, 2.05) is 0 Å². The molecule has 0 saturated carbocycles. The van der Waals surface area contributed by atoms with Crippen molar-refractivity contribution in [2.24, 2.45) is 0 Å². The lowest BCUT2D eigenvalue weighted by Crippen LogP contribution is -2.44. The fourth-order valence-corrected chi connectivity index (χ4v) is 2.09. The van der Waals surface area contributed by atoms with Gasteiger partial charge in [-0.2, -0.15) is 0 Å². The summed E-state index contributed by atoms with van der Waals surface area (Å²) in [6.45, 7) is 8.58. The summed E-state index contributed by atoms with van der Waals surface area (Å²) in [7, 11) is 0. The molecule has 4 nitrogen and oxygen atoms in total. The highest BCUT2D eigenvalue weighted by Gasteiger charge is 2.08. The standard InChI is InChI=1S/C13H27N3O.ClH/c1-2-3-4-6-13(17)15-7-5-10-16-11-8-14-9-12-16;/h14H,2-12H2,1H3,(H,15,17);1H. The summed E-state index contributed by atoms with van der Waals surface area (Å²) in [5, 5.41) is 6.34. The van der Waals surface area contributed by atoms with Crippen molar-refractivity contribution in [1.82, 2.24) is 15.5 Å². The van der Waals surface area contributed by atoms with Gasteiger partial charge in [0.05, 0.1) is 0 Å². The lowest BCUT2D eigenvalue weighted by Gasteiger charge is -2.27. The van der Waals surface area contributed by atoms with Crippen LogP contribution in [0.25, 0.3) is 0 Å². The van der Waals surface area contributed by atoms with Gasteiger partial charge in [-0.05, 0) is 19.4 Å². The second kappa shape index (κ2) is 11.8. The van der Waals surface area contributed by atoms with Gasteiger partial charge >= 0.3 is 0 Å². The number of hydrogen-bond acceptors (Lipinski definition) is 3. The van der Waals surface area contributed by atoms with Gasteiger partial charge in [-0.15, -0.1) is 12.4 Å². The molecular formula is C13H28ClN3O. The maximum Gasteiger partial charge on any atom is 0.219 e. The molecule has 0 aromatic heterocycles. The molecule has 2 N–H and O–H groups in total. The van der Waals surface area contributed by atoms with E-state index < -0.39 is 0 Å². The van der Waals surface area contributed by atoms with Crippen LogP contribution < -0.4 is 10.6 Å². The first-order chi connectivity index (χ1) is 8.33. The van der Waals surface area contributed by atoms with E-state index in [1.165, 1.54) is 6.42 Å². The van der Waals surface area contributed by atoms with E-state index in [0.29, 0.717) is 6.42 Å². The number of nitrogens with zero attached hydrogens (tertiary/aromatic N) is 1. The molecule has 0 atom stereocenters. The van der Waals surface area contributed by atoms with Crippen molar-refractivity contribution in [2.45, 2.75) is 39.0 Å². The molecule has 0 aromatic carbocycles. The molecule has 0 bridgehead atoms. The number of carbonyl (C=O) groups is 1. The smallest absolute Gasteiger partial charge is 0.219 e. The summed E-state index contributed by atoms with van der Waals surface area (Å²) < 4.78 is 0. The summed E-state index contributed by atoms with van der Waals surface area (Å²) in [5.41, 5.74) is 0. The van der Waals surface area contributed by atoms with Gasteiger partial charge < -0.3 is 15.5 Å². The molecular weight excluding hydrogens is 250 g/mol. The predicted molar refractivity (Wildman–Crippen MR) is 78.3 cm³/mol. The van der Waals surface area contributed by atoms with Gasteiger partial charge in [0.25, 0.3) is 0 Å². The van der Waals surface area contributed by atoms with Crippen molar-refractivity contribution in [3.63, 3.8) is 0 Å². The molecule has 1 rings (SSSR count). The molecule has 18 heavy (non-hydrogen) atoms. The Hall–Kier alpha value is -0.320. The van der Waals surface area contributed by atoms with Crippen LogP contribution in [0.5, 0.6) is 0 Å². The number of nitrogens with one attached hydrogen (secondary N) is 2. The van der Waals surface area contributed by atoms with Gasteiger partial charge in [0.2, 0.25) is 5.91 Å². The highest BCUT2D eigenvalue weighted by Crippen LogP contribution is 1.98. The van der Waals surface area contributed by atoms with Gasteiger partial charge in [-0.25, -0.2) is 0 Å². The Morgan fingerprint density at radius 2 is 1.94 bits per heavy atom. The van der Waals surface area contributed by atoms with Gasteiger partial charge in [0, 0.05) is 39.1 Å². The van der Waals surface area contributed by atoms with Crippen LogP contribution in [0.1, 0.15) is 39.0 Å². The van der Waals surface area contributed by atoms with E-state index in [-0.39, 0.29) is 18.3 Å². The Morgan fingerprint density at radius 1 is 1.22 bits per heavy atom. The van der Waals surface area contributed by atoms with Crippen LogP contribution in [0.4, 0.5) is 0 Å². The molecule has 0 aliphatic carbocycles. The third-order valence-electron chi connectivity index (χ3n) is 3.19. The number of amides is 1. The van der Waals surface area contributed by atoms with E-state index in [2.05, 4.69) is 22.5 Å². The van der Waals surface area contributed by atoms with E-state index >= 15 is 0 Å². The molecule has 1 amide bonds. The zero-order chi connectivity index (χ0) is 12.3. The third-order valence-corrected chi connectivity index (χ3v) is 3.19. The van der Waals surface area contributed by atoms with Crippen LogP contribution >= 0.6 is 12.4 Å². The Labute approximate surface area is 117 Å². The molecule has 0 aromatic rings. The first-order valence-corrected chi connectivity index (χ1v) is 7.02. The van der Waals surface area contributed by atoms with Crippen molar-refractivity contribution in [3.05, 3.63) is 0 Å². The van der Waals surface area contributed by atoms with Gasteiger partial charge in [0.15, 0.2) is 0 Å². The largest absolute Gasteiger partial charge is 0.356 e. The predicted octanol–water partition coefficient (Wildman–Crippen LogP) is 1.40. The summed E-state index contributed by atoms with van der Waals surface area (Å²) in [6.07, 6.45) is 5.13. The molecule has 0 spiro atoms. The van der Waals surface area contributed by atoms with Crippen molar-refractivity contribution in [2.75, 3.05) is 39.3 Å². The highest BCUT2D eigenvalue weighted by molar-refractivity contribution is 5.85. The van der Waals surface area contributed by atoms with E-state index in [9.17, 15) is 4.79 Å². The van der Waals surface area contributed by atoms with Gasteiger partial charge in [-0.3, -0.25) is 4.79 Å². The molecule has 1 fully saturated rings. The molecule has 1 heterocycles. The molecule has 0 unspecified atom stereocenters. The summed E-state index contributed by atoms with van der Waals surface area (Å²) >= 11 is 0. The number of unbranched alkanes of at least 4 members (excludes halogenated alkanes) is 2. The zero-order valence-electron chi connectivity index (χ0n) is 11.5. The lowest BCUT2D eigenvalue weighted by molar-refractivity contribution is -0.121. The van der Waals surface area contributed by atoms with Crippen LogP contribution in [0.15, 0.2) is 0 Å². The fourth-order valence-electron chi connectivity index (χ4n) is 2.09. The monoisotopic (exact) mass is 277 g/mol. The van der Waals surface area contributed by atoms with Crippen LogP contribution in [0, 0.1) is 0 Å². The SMILES string of the molecule is CCCCCC(=O)NCCCN1CCNCC1.Cl. The molecule has 5 heteroatoms. The van der Waals surface area contributed by atoms with Crippen molar-refractivity contribution in [3.8, 4) is 0 Å². The minimum Gasteiger partial charge on any atom is -0.356 e. The molecule has 108 valence electrons. The highest BCUT2D eigenvalue weighted by atomic mass is 35.5. The second-order valence-corrected chi connectivity index (χ2v) is 4.75. The second-order valence-electron chi connectivity index (χ2n) is 4.75. The topological polar surface area (TPSA) is 44.4 Å². The first kappa shape index (κ1) is 17.7. The molecule has 1 aliphatic rings. The van der Waals surface area contributed by atoms with E-state index in [1.54, 1.807) is 0 Å². The van der Waals surface area contributed by atoms with Crippen LogP contribution in [0.3, 0.4) is 0 Å². The van der Waals surface area contributed by atoms with Crippen molar-refractivity contribution in [1.29, 1.82) is 0 Å². The number of hydrogen-bond donors (Lipinski definition) is 2. The van der Waals surface area contributed by atoms with Gasteiger partial charge in [0.1, 0.15) is 0 Å². The normalized spacial score (nSPS) is 16.1. The maximum absolute atomic E-state index is 11.4. The summed E-state index contributed by atoms with van der Waals surface area (Å²) in [5.74, 6) is 0.221. The fraction of sp³-hybridized carbons (Fsp3) is 0.923. The first-order valence-electron chi connectivity index (χ1n) is 7.02. The van der Waals surface area contributed by atoms with Crippen molar-refractivity contribution >= 4 is 18.3 Å². The summed E-state index contributed by atoms with van der Waals surface area (Å²) in [4.78, 5) is 13.9. The molecule has 1 aliphatic heterocycles. The van der Waals surface area contributed by atoms with E-state index in [0.717, 1.165) is 58.5 Å². The quantitative estimate of drug-likeness (QED) is 0.659. The Bertz CT molecular complexity index is 208. The molecule has 1 saturated heterocycles. The Kier molecular flexibility index (Phi) is 11.5. The van der Waals surface area contributed by atoms with Crippen molar-refractivity contribution < 1.29 is 4.79 Å². The molecule has 0 radical (unpaired) electrons. The minimum atomic E-state index is 0. The van der Waals surface area contributed by atoms with E-state index in [4.69, 9.17) is 0 Å². The minimum absolute atomic E-state index is 0. The zero-order valence-corrected chi connectivity index (χ0v) is 12.4. The lowest BCUT2D eigenvalue weighted by atomic mass is 10.2.